The Hall–Kier alpha value is -1.19. The number of benzene rings is 1. The van der Waals surface area contributed by atoms with Crippen molar-refractivity contribution in [2.45, 2.75) is 25.4 Å². The third-order valence-corrected chi connectivity index (χ3v) is 3.89. The molecule has 0 bridgehead atoms. The molecule has 94 valence electrons. The minimum atomic E-state index is 0.0450. The van der Waals surface area contributed by atoms with E-state index in [0.717, 1.165) is 18.4 Å². The lowest BCUT2D eigenvalue weighted by molar-refractivity contribution is 0.656. The van der Waals surface area contributed by atoms with Gasteiger partial charge in [-0.1, -0.05) is 29.3 Å². The molecule has 0 N–H and O–H groups in total. The van der Waals surface area contributed by atoms with Crippen LogP contribution in [0.4, 0.5) is 0 Å². The molecule has 0 radical (unpaired) electrons. The van der Waals surface area contributed by atoms with Crippen molar-refractivity contribution in [2.75, 3.05) is 0 Å². The fourth-order valence-electron chi connectivity index (χ4n) is 2.01. The molecule has 1 aliphatic rings. The number of imidazole rings is 1. The molecule has 2 aromatic rings. The SMILES string of the molecule is O=c1n(Cc2ccc(Cl)c(Cl)c2)ccn1C1CC1. The van der Waals surface area contributed by atoms with E-state index < -0.39 is 0 Å². The van der Waals surface area contributed by atoms with Crippen LogP contribution >= 0.6 is 23.2 Å². The van der Waals surface area contributed by atoms with E-state index in [1.165, 1.54) is 0 Å². The predicted molar refractivity (Wildman–Crippen MR) is 72.5 cm³/mol. The van der Waals surface area contributed by atoms with Crippen LogP contribution in [-0.4, -0.2) is 9.13 Å². The smallest absolute Gasteiger partial charge is 0.296 e. The minimum absolute atomic E-state index is 0.0450. The number of nitrogens with zero attached hydrogens (tertiary/aromatic N) is 2. The summed E-state index contributed by atoms with van der Waals surface area (Å²) < 4.78 is 3.50. The first-order valence-corrected chi connectivity index (χ1v) is 6.62. The summed E-state index contributed by atoms with van der Waals surface area (Å²) in [5.41, 5.74) is 1.02. The van der Waals surface area contributed by atoms with Crippen LogP contribution in [0.1, 0.15) is 24.4 Å². The Labute approximate surface area is 115 Å². The van der Waals surface area contributed by atoms with Gasteiger partial charge in [0, 0.05) is 18.4 Å². The van der Waals surface area contributed by atoms with Gasteiger partial charge in [0.15, 0.2) is 0 Å². The van der Waals surface area contributed by atoms with Gasteiger partial charge in [0.25, 0.3) is 0 Å². The van der Waals surface area contributed by atoms with Crippen molar-refractivity contribution in [2.24, 2.45) is 0 Å². The summed E-state index contributed by atoms with van der Waals surface area (Å²) in [4.78, 5) is 12.1. The van der Waals surface area contributed by atoms with E-state index in [1.54, 1.807) is 21.3 Å². The second kappa shape index (κ2) is 4.48. The second-order valence-electron chi connectivity index (χ2n) is 4.60. The van der Waals surface area contributed by atoms with Crippen molar-refractivity contribution in [1.82, 2.24) is 9.13 Å². The van der Waals surface area contributed by atoms with Gasteiger partial charge in [0.1, 0.15) is 0 Å². The minimum Gasteiger partial charge on any atom is -0.296 e. The third kappa shape index (κ3) is 2.20. The Kier molecular flexibility index (Phi) is 2.96. The van der Waals surface area contributed by atoms with Crippen molar-refractivity contribution in [3.63, 3.8) is 0 Å². The van der Waals surface area contributed by atoms with Gasteiger partial charge in [0.05, 0.1) is 16.6 Å². The standard InChI is InChI=1S/C13H12Cl2N2O/c14-11-4-1-9(7-12(11)15)8-16-5-6-17(13(16)18)10-2-3-10/h1,4-7,10H,2-3,8H2. The summed E-state index contributed by atoms with van der Waals surface area (Å²) in [7, 11) is 0. The Morgan fingerprint density at radius 3 is 2.61 bits per heavy atom. The topological polar surface area (TPSA) is 26.9 Å². The monoisotopic (exact) mass is 282 g/mol. The van der Waals surface area contributed by atoms with E-state index in [4.69, 9.17) is 23.2 Å². The van der Waals surface area contributed by atoms with Gasteiger partial charge in [-0.2, -0.15) is 0 Å². The van der Waals surface area contributed by atoms with Crippen molar-refractivity contribution in [1.29, 1.82) is 0 Å². The van der Waals surface area contributed by atoms with Crippen LogP contribution < -0.4 is 5.69 Å². The molecule has 1 aromatic heterocycles. The maximum Gasteiger partial charge on any atom is 0.328 e. The van der Waals surface area contributed by atoms with E-state index in [2.05, 4.69) is 0 Å². The van der Waals surface area contributed by atoms with Crippen molar-refractivity contribution in [3.8, 4) is 0 Å². The van der Waals surface area contributed by atoms with E-state index in [1.807, 2.05) is 18.5 Å². The Balaban J connectivity index is 1.87. The van der Waals surface area contributed by atoms with Gasteiger partial charge in [-0.05, 0) is 30.5 Å². The first kappa shape index (κ1) is 11.9. The maximum atomic E-state index is 12.1. The van der Waals surface area contributed by atoms with Crippen molar-refractivity contribution in [3.05, 3.63) is 56.7 Å². The molecule has 1 aromatic carbocycles. The molecule has 3 rings (SSSR count). The molecule has 0 aliphatic heterocycles. The van der Waals surface area contributed by atoms with Crippen LogP contribution in [0.3, 0.4) is 0 Å². The van der Waals surface area contributed by atoms with Crippen LogP contribution in [0.5, 0.6) is 0 Å². The summed E-state index contributed by atoms with van der Waals surface area (Å²) in [5.74, 6) is 0. The second-order valence-corrected chi connectivity index (χ2v) is 5.41. The highest BCUT2D eigenvalue weighted by Gasteiger charge is 2.25. The number of halogens is 2. The van der Waals surface area contributed by atoms with Crippen LogP contribution in [0, 0.1) is 0 Å². The number of aromatic nitrogens is 2. The fourth-order valence-corrected chi connectivity index (χ4v) is 2.33. The molecule has 1 fully saturated rings. The highest BCUT2D eigenvalue weighted by atomic mass is 35.5. The molecule has 1 aliphatic carbocycles. The molecule has 0 spiro atoms. The number of rotatable bonds is 3. The molecular formula is C13H12Cl2N2O. The predicted octanol–water partition coefficient (Wildman–Crippen LogP) is 3.34. The molecular weight excluding hydrogens is 271 g/mol. The quantitative estimate of drug-likeness (QED) is 0.848. The Morgan fingerprint density at radius 1 is 1.17 bits per heavy atom. The molecule has 0 atom stereocenters. The highest BCUT2D eigenvalue weighted by Crippen LogP contribution is 2.33. The summed E-state index contributed by atoms with van der Waals surface area (Å²) in [6.07, 6.45) is 5.90. The van der Waals surface area contributed by atoms with Gasteiger partial charge in [-0.25, -0.2) is 4.79 Å². The zero-order valence-electron chi connectivity index (χ0n) is 9.64. The van der Waals surface area contributed by atoms with Gasteiger partial charge in [0.2, 0.25) is 0 Å². The zero-order chi connectivity index (χ0) is 12.7. The fraction of sp³-hybridized carbons (Fsp3) is 0.308. The first-order chi connectivity index (χ1) is 8.65. The van der Waals surface area contributed by atoms with Crippen LogP contribution in [0.15, 0.2) is 35.4 Å². The van der Waals surface area contributed by atoms with Gasteiger partial charge < -0.3 is 0 Å². The van der Waals surface area contributed by atoms with Gasteiger partial charge in [-0.3, -0.25) is 9.13 Å². The molecule has 3 nitrogen and oxygen atoms in total. The summed E-state index contributed by atoms with van der Waals surface area (Å²) >= 11 is 11.8. The molecule has 5 heteroatoms. The number of hydrogen-bond donors (Lipinski definition) is 0. The van der Waals surface area contributed by atoms with E-state index in [9.17, 15) is 4.79 Å². The van der Waals surface area contributed by atoms with E-state index in [0.29, 0.717) is 22.6 Å². The van der Waals surface area contributed by atoms with Gasteiger partial charge >= 0.3 is 5.69 Å². The average Bonchev–Trinajstić information content (AvgIpc) is 3.12. The highest BCUT2D eigenvalue weighted by molar-refractivity contribution is 6.42. The van der Waals surface area contributed by atoms with Crippen molar-refractivity contribution >= 4 is 23.2 Å². The largest absolute Gasteiger partial charge is 0.328 e. The zero-order valence-corrected chi connectivity index (χ0v) is 11.2. The molecule has 1 saturated carbocycles. The average molecular weight is 283 g/mol. The Bertz CT molecular complexity index is 641. The summed E-state index contributed by atoms with van der Waals surface area (Å²) in [5, 5.41) is 1.05. The van der Waals surface area contributed by atoms with Crippen LogP contribution in [0.2, 0.25) is 10.0 Å². The lowest BCUT2D eigenvalue weighted by Crippen LogP contribution is -2.23. The lowest BCUT2D eigenvalue weighted by atomic mass is 10.2. The Morgan fingerprint density at radius 2 is 1.94 bits per heavy atom. The lowest BCUT2D eigenvalue weighted by Gasteiger charge is -2.04. The van der Waals surface area contributed by atoms with E-state index in [-0.39, 0.29) is 5.69 Å². The van der Waals surface area contributed by atoms with E-state index >= 15 is 0 Å². The summed E-state index contributed by atoms with van der Waals surface area (Å²) in [6.45, 7) is 0.523. The first-order valence-electron chi connectivity index (χ1n) is 5.86. The molecule has 0 amide bonds. The molecule has 1 heterocycles. The normalized spacial score (nSPS) is 15.0. The van der Waals surface area contributed by atoms with Crippen LogP contribution in [-0.2, 0) is 6.54 Å². The molecule has 18 heavy (non-hydrogen) atoms. The number of hydrogen-bond acceptors (Lipinski definition) is 1. The molecule has 0 unspecified atom stereocenters. The van der Waals surface area contributed by atoms with Gasteiger partial charge in [-0.15, -0.1) is 0 Å². The van der Waals surface area contributed by atoms with Crippen LogP contribution in [0.25, 0.3) is 0 Å². The third-order valence-electron chi connectivity index (χ3n) is 3.15. The van der Waals surface area contributed by atoms with Crippen molar-refractivity contribution < 1.29 is 0 Å². The molecule has 0 saturated heterocycles. The summed E-state index contributed by atoms with van der Waals surface area (Å²) in [6, 6.07) is 5.84. The maximum absolute atomic E-state index is 12.1.